The summed E-state index contributed by atoms with van der Waals surface area (Å²) in [5, 5.41) is 16.2. The number of rotatable bonds is 6. The van der Waals surface area contributed by atoms with Gasteiger partial charge >= 0.3 is 6.09 Å². The highest BCUT2D eigenvalue weighted by molar-refractivity contribution is 5.67. The van der Waals surface area contributed by atoms with Crippen molar-refractivity contribution >= 4 is 6.09 Å². The maximum atomic E-state index is 11.6. The quantitative estimate of drug-likeness (QED) is 0.773. The maximum absolute atomic E-state index is 11.6. The average molecular weight is 361 g/mol. The number of carbonyl (C=O) groups excluding carboxylic acids is 1. The van der Waals surface area contributed by atoms with Crippen LogP contribution in [-0.2, 0) is 18.4 Å². The van der Waals surface area contributed by atoms with Crippen molar-refractivity contribution in [2.75, 3.05) is 13.2 Å². The Hall–Kier alpha value is -2.54. The van der Waals surface area contributed by atoms with E-state index in [-0.39, 0.29) is 6.61 Å². The molecule has 0 aliphatic rings. The number of aliphatic hydroxyl groups excluding tert-OH is 1. The first kappa shape index (κ1) is 19.8. The number of benzene rings is 1. The Kier molecular flexibility index (Phi) is 6.26. The predicted octanol–water partition coefficient (Wildman–Crippen LogP) is 2.79. The molecular weight excluding hydrogens is 334 g/mol. The van der Waals surface area contributed by atoms with Crippen LogP contribution < -0.4 is 10.1 Å². The predicted molar refractivity (Wildman–Crippen MR) is 99.0 cm³/mol. The molecule has 2 N–H and O–H groups in total. The SMILES string of the molecule is Cc1c(OCCNC(=O)OC(C)(C)C)nn(C)c1-c1ccc(CO)cc1. The molecule has 0 bridgehead atoms. The van der Waals surface area contributed by atoms with E-state index in [4.69, 9.17) is 14.6 Å². The van der Waals surface area contributed by atoms with Crippen molar-refractivity contribution in [2.45, 2.75) is 39.9 Å². The zero-order valence-electron chi connectivity index (χ0n) is 16.0. The molecule has 1 heterocycles. The van der Waals surface area contributed by atoms with Crippen molar-refractivity contribution in [1.82, 2.24) is 15.1 Å². The van der Waals surface area contributed by atoms with Gasteiger partial charge in [0.2, 0.25) is 5.88 Å². The molecule has 7 nitrogen and oxygen atoms in total. The molecule has 0 aliphatic heterocycles. The summed E-state index contributed by atoms with van der Waals surface area (Å²) in [4.78, 5) is 11.6. The third kappa shape index (κ3) is 5.23. The van der Waals surface area contributed by atoms with Gasteiger partial charge in [-0.05, 0) is 33.3 Å². The van der Waals surface area contributed by atoms with Gasteiger partial charge in [-0.1, -0.05) is 24.3 Å². The molecule has 0 saturated heterocycles. The summed E-state index contributed by atoms with van der Waals surface area (Å²) in [7, 11) is 1.86. The summed E-state index contributed by atoms with van der Waals surface area (Å²) in [6, 6.07) is 7.66. The van der Waals surface area contributed by atoms with Crippen molar-refractivity contribution < 1.29 is 19.4 Å². The summed E-state index contributed by atoms with van der Waals surface area (Å²) in [6.07, 6.45) is -0.469. The van der Waals surface area contributed by atoms with Crippen LogP contribution in [-0.4, -0.2) is 39.7 Å². The second-order valence-electron chi connectivity index (χ2n) is 7.03. The van der Waals surface area contributed by atoms with Crippen LogP contribution in [0.25, 0.3) is 11.3 Å². The highest BCUT2D eigenvalue weighted by atomic mass is 16.6. The second kappa shape index (κ2) is 8.23. The van der Waals surface area contributed by atoms with E-state index < -0.39 is 11.7 Å². The third-order valence-electron chi connectivity index (χ3n) is 3.66. The molecule has 0 atom stereocenters. The van der Waals surface area contributed by atoms with Crippen molar-refractivity contribution in [3.63, 3.8) is 0 Å². The van der Waals surface area contributed by atoms with Crippen LogP contribution in [0.5, 0.6) is 5.88 Å². The van der Waals surface area contributed by atoms with Crippen molar-refractivity contribution in [2.24, 2.45) is 7.05 Å². The van der Waals surface area contributed by atoms with Gasteiger partial charge in [-0.15, -0.1) is 5.10 Å². The number of alkyl carbamates (subject to hydrolysis) is 1. The smallest absolute Gasteiger partial charge is 0.407 e. The van der Waals surface area contributed by atoms with Gasteiger partial charge in [0.05, 0.1) is 18.8 Å². The molecule has 0 radical (unpaired) electrons. The number of ether oxygens (including phenoxy) is 2. The maximum Gasteiger partial charge on any atom is 0.407 e. The van der Waals surface area contributed by atoms with Gasteiger partial charge in [0.1, 0.15) is 12.2 Å². The molecule has 142 valence electrons. The van der Waals surface area contributed by atoms with Crippen LogP contribution in [0.4, 0.5) is 4.79 Å². The lowest BCUT2D eigenvalue weighted by Gasteiger charge is -2.19. The average Bonchev–Trinajstić information content (AvgIpc) is 2.84. The molecule has 0 unspecified atom stereocenters. The highest BCUT2D eigenvalue weighted by Crippen LogP contribution is 2.29. The summed E-state index contributed by atoms with van der Waals surface area (Å²) in [5.41, 5.74) is 3.20. The molecule has 7 heteroatoms. The van der Waals surface area contributed by atoms with E-state index in [0.29, 0.717) is 19.0 Å². The van der Waals surface area contributed by atoms with Gasteiger partial charge in [-0.2, -0.15) is 0 Å². The highest BCUT2D eigenvalue weighted by Gasteiger charge is 2.17. The van der Waals surface area contributed by atoms with E-state index in [0.717, 1.165) is 22.4 Å². The normalized spacial score (nSPS) is 11.3. The van der Waals surface area contributed by atoms with Crippen LogP contribution in [0.1, 0.15) is 31.9 Å². The fourth-order valence-electron chi connectivity index (χ4n) is 2.53. The van der Waals surface area contributed by atoms with Crippen molar-refractivity contribution in [3.8, 4) is 17.1 Å². The summed E-state index contributed by atoms with van der Waals surface area (Å²) < 4.78 is 12.6. The summed E-state index contributed by atoms with van der Waals surface area (Å²) >= 11 is 0. The minimum atomic E-state index is -0.525. The van der Waals surface area contributed by atoms with Gasteiger partial charge in [0, 0.05) is 18.2 Å². The number of aliphatic hydroxyl groups is 1. The molecule has 2 aromatic rings. The van der Waals surface area contributed by atoms with Crippen LogP contribution in [0.15, 0.2) is 24.3 Å². The molecule has 2 rings (SSSR count). The minimum Gasteiger partial charge on any atom is -0.475 e. The Balaban J connectivity index is 1.96. The number of nitrogens with zero attached hydrogens (tertiary/aromatic N) is 2. The topological polar surface area (TPSA) is 85.6 Å². The Morgan fingerprint density at radius 3 is 2.50 bits per heavy atom. The molecule has 0 spiro atoms. The number of amides is 1. The molecule has 0 fully saturated rings. The van der Waals surface area contributed by atoms with Crippen LogP contribution in [0.3, 0.4) is 0 Å². The monoisotopic (exact) mass is 361 g/mol. The van der Waals surface area contributed by atoms with E-state index in [9.17, 15) is 4.79 Å². The van der Waals surface area contributed by atoms with Crippen LogP contribution >= 0.6 is 0 Å². The first-order valence-corrected chi connectivity index (χ1v) is 8.54. The Bertz CT molecular complexity index is 745. The lowest BCUT2D eigenvalue weighted by Crippen LogP contribution is -2.34. The van der Waals surface area contributed by atoms with Gasteiger partial charge in [-0.25, -0.2) is 4.79 Å². The molecule has 0 saturated carbocycles. The summed E-state index contributed by atoms with van der Waals surface area (Å²) in [6.45, 7) is 8.02. The first-order chi connectivity index (χ1) is 12.2. The molecule has 0 aliphatic carbocycles. The van der Waals surface area contributed by atoms with Gasteiger partial charge in [0.25, 0.3) is 0 Å². The standard InChI is InChI=1S/C19H27N3O4/c1-13-16(15-8-6-14(12-23)7-9-15)22(5)21-17(13)25-11-10-20-18(24)26-19(2,3)4/h6-9,23H,10-12H2,1-5H3,(H,20,24). The molecule has 1 amide bonds. The number of nitrogens with one attached hydrogen (secondary N) is 1. The number of aryl methyl sites for hydroxylation is 1. The van der Waals surface area contributed by atoms with Gasteiger partial charge in [-0.3, -0.25) is 4.68 Å². The van der Waals surface area contributed by atoms with Gasteiger partial charge < -0.3 is 19.9 Å². The number of hydrogen-bond acceptors (Lipinski definition) is 5. The van der Waals surface area contributed by atoms with E-state index >= 15 is 0 Å². The van der Waals surface area contributed by atoms with E-state index in [1.165, 1.54) is 0 Å². The lowest BCUT2D eigenvalue weighted by atomic mass is 10.1. The first-order valence-electron chi connectivity index (χ1n) is 8.54. The largest absolute Gasteiger partial charge is 0.475 e. The van der Waals surface area contributed by atoms with Crippen molar-refractivity contribution in [3.05, 3.63) is 35.4 Å². The lowest BCUT2D eigenvalue weighted by molar-refractivity contribution is 0.0519. The molecule has 1 aromatic heterocycles. The van der Waals surface area contributed by atoms with Crippen LogP contribution in [0, 0.1) is 6.92 Å². The number of hydrogen-bond donors (Lipinski definition) is 2. The Labute approximate surface area is 153 Å². The molecule has 26 heavy (non-hydrogen) atoms. The fourth-order valence-corrected chi connectivity index (χ4v) is 2.53. The zero-order valence-corrected chi connectivity index (χ0v) is 16.0. The van der Waals surface area contributed by atoms with E-state index in [2.05, 4.69) is 10.4 Å². The Morgan fingerprint density at radius 1 is 1.27 bits per heavy atom. The third-order valence-corrected chi connectivity index (χ3v) is 3.66. The number of aromatic nitrogens is 2. The van der Waals surface area contributed by atoms with E-state index in [1.54, 1.807) is 4.68 Å². The van der Waals surface area contributed by atoms with E-state index in [1.807, 2.05) is 59.0 Å². The van der Waals surface area contributed by atoms with Crippen LogP contribution in [0.2, 0.25) is 0 Å². The molecule has 1 aromatic carbocycles. The minimum absolute atomic E-state index is 0.0175. The Morgan fingerprint density at radius 2 is 1.92 bits per heavy atom. The summed E-state index contributed by atoms with van der Waals surface area (Å²) in [5.74, 6) is 0.528. The fraction of sp³-hybridized carbons (Fsp3) is 0.474. The second-order valence-corrected chi connectivity index (χ2v) is 7.03. The van der Waals surface area contributed by atoms with Crippen molar-refractivity contribution in [1.29, 1.82) is 0 Å². The molecular formula is C19H27N3O4. The zero-order chi connectivity index (χ0) is 19.3. The van der Waals surface area contributed by atoms with Gasteiger partial charge in [0.15, 0.2) is 0 Å². The number of carbonyl (C=O) groups is 1.